The topological polar surface area (TPSA) is 71.8 Å². The summed E-state index contributed by atoms with van der Waals surface area (Å²) in [5.41, 5.74) is 5.72. The summed E-state index contributed by atoms with van der Waals surface area (Å²) in [7, 11) is 0. The van der Waals surface area contributed by atoms with Gasteiger partial charge in [0.2, 0.25) is 0 Å². The fourth-order valence-electron chi connectivity index (χ4n) is 1.16. The molecule has 0 saturated carbocycles. The molecule has 4 nitrogen and oxygen atoms in total. The van der Waals surface area contributed by atoms with E-state index in [1.807, 2.05) is 19.1 Å². The molecule has 2 aromatic rings. The number of hydrogen-bond donors (Lipinski definition) is 2. The summed E-state index contributed by atoms with van der Waals surface area (Å²) in [4.78, 5) is 19.9. The van der Waals surface area contributed by atoms with Crippen molar-refractivity contribution in [2.75, 3.05) is 5.73 Å². The third-order valence-electron chi connectivity index (χ3n) is 1.82. The van der Waals surface area contributed by atoms with Gasteiger partial charge in [0.15, 0.2) is 5.95 Å². The lowest BCUT2D eigenvalue weighted by atomic mass is 10.3. The Balaban J connectivity index is 2.57. The van der Waals surface area contributed by atoms with Gasteiger partial charge in [0.25, 0.3) is 5.56 Å². The van der Waals surface area contributed by atoms with E-state index < -0.39 is 0 Å². The molecule has 0 aliphatic heterocycles. The maximum atomic E-state index is 11.5. The van der Waals surface area contributed by atoms with Gasteiger partial charge in [-0.25, -0.2) is 4.98 Å². The number of H-pyrrole nitrogens is 1. The van der Waals surface area contributed by atoms with Crippen LogP contribution in [0.3, 0.4) is 0 Å². The van der Waals surface area contributed by atoms with Gasteiger partial charge in [0.05, 0.1) is 5.56 Å². The smallest absolute Gasteiger partial charge is 0.260 e. The van der Waals surface area contributed by atoms with Crippen molar-refractivity contribution < 1.29 is 0 Å². The highest BCUT2D eigenvalue weighted by Gasteiger charge is 2.05. The van der Waals surface area contributed by atoms with Crippen LogP contribution in [0, 0.1) is 6.92 Å². The SMILES string of the molecule is Cc1ccc(-c2cnc(N)[nH]c2=O)s1. The molecule has 0 atom stereocenters. The van der Waals surface area contributed by atoms with Crippen LogP contribution >= 0.6 is 11.3 Å². The molecule has 0 spiro atoms. The van der Waals surface area contributed by atoms with Gasteiger partial charge in [-0.05, 0) is 19.1 Å². The molecule has 14 heavy (non-hydrogen) atoms. The molecule has 0 aliphatic rings. The lowest BCUT2D eigenvalue weighted by Crippen LogP contribution is -2.11. The van der Waals surface area contributed by atoms with E-state index in [9.17, 15) is 4.79 Å². The van der Waals surface area contributed by atoms with Crippen molar-refractivity contribution in [3.05, 3.63) is 33.6 Å². The predicted octanol–water partition coefficient (Wildman–Crippen LogP) is 1.39. The summed E-state index contributed by atoms with van der Waals surface area (Å²) < 4.78 is 0. The fourth-order valence-corrected chi connectivity index (χ4v) is 2.04. The molecular formula is C9H9N3OS. The molecule has 2 aromatic heterocycles. The summed E-state index contributed by atoms with van der Waals surface area (Å²) in [5.74, 6) is 0.145. The minimum absolute atomic E-state index is 0.145. The lowest BCUT2D eigenvalue weighted by Gasteiger charge is -1.95. The van der Waals surface area contributed by atoms with Gasteiger partial charge in [-0.2, -0.15) is 0 Å². The number of aromatic nitrogens is 2. The standard InChI is InChI=1S/C9H9N3OS/c1-5-2-3-7(14-5)6-4-11-9(10)12-8(6)13/h2-4H,1H3,(H3,10,11,12,13). The fraction of sp³-hybridized carbons (Fsp3) is 0.111. The van der Waals surface area contributed by atoms with Crippen LogP contribution < -0.4 is 11.3 Å². The van der Waals surface area contributed by atoms with Crippen LogP contribution in [0.15, 0.2) is 23.1 Å². The van der Waals surface area contributed by atoms with Crippen molar-refractivity contribution in [3.63, 3.8) is 0 Å². The van der Waals surface area contributed by atoms with Crippen LogP contribution in [-0.2, 0) is 0 Å². The highest BCUT2D eigenvalue weighted by atomic mass is 32.1. The number of aromatic amines is 1. The molecule has 72 valence electrons. The normalized spacial score (nSPS) is 10.4. The average molecular weight is 207 g/mol. The summed E-state index contributed by atoms with van der Waals surface area (Å²) in [6.45, 7) is 1.99. The first-order valence-corrected chi connectivity index (χ1v) is 4.90. The Morgan fingerprint density at radius 2 is 2.29 bits per heavy atom. The van der Waals surface area contributed by atoms with Gasteiger partial charge in [-0.15, -0.1) is 11.3 Å². The quantitative estimate of drug-likeness (QED) is 0.742. The van der Waals surface area contributed by atoms with Crippen LogP contribution in [0.25, 0.3) is 10.4 Å². The van der Waals surface area contributed by atoms with Gasteiger partial charge in [-0.3, -0.25) is 9.78 Å². The van der Waals surface area contributed by atoms with Crippen molar-refractivity contribution in [3.8, 4) is 10.4 Å². The molecule has 0 fully saturated rings. The summed E-state index contributed by atoms with van der Waals surface area (Å²) >= 11 is 1.56. The maximum absolute atomic E-state index is 11.5. The van der Waals surface area contributed by atoms with Crippen LogP contribution in [0.1, 0.15) is 4.88 Å². The molecule has 0 aromatic carbocycles. The van der Waals surface area contributed by atoms with Crippen LogP contribution in [-0.4, -0.2) is 9.97 Å². The van der Waals surface area contributed by atoms with Crippen LogP contribution in [0.5, 0.6) is 0 Å². The van der Waals surface area contributed by atoms with Crippen LogP contribution in [0.4, 0.5) is 5.95 Å². The number of rotatable bonds is 1. The van der Waals surface area contributed by atoms with Crippen LogP contribution in [0.2, 0.25) is 0 Å². The number of anilines is 1. The highest BCUT2D eigenvalue weighted by molar-refractivity contribution is 7.15. The maximum Gasteiger partial charge on any atom is 0.260 e. The molecule has 0 radical (unpaired) electrons. The molecule has 3 N–H and O–H groups in total. The number of nitrogens with one attached hydrogen (secondary N) is 1. The van der Waals surface area contributed by atoms with Crippen molar-refractivity contribution in [1.29, 1.82) is 0 Å². The molecular weight excluding hydrogens is 198 g/mol. The third kappa shape index (κ3) is 1.54. The van der Waals surface area contributed by atoms with E-state index in [0.717, 1.165) is 9.75 Å². The summed E-state index contributed by atoms with van der Waals surface area (Å²) in [6, 6.07) is 3.87. The minimum atomic E-state index is -0.195. The van der Waals surface area contributed by atoms with Gasteiger partial charge in [0, 0.05) is 16.0 Å². The molecule has 0 unspecified atom stereocenters. The molecule has 0 bridgehead atoms. The Morgan fingerprint density at radius 1 is 1.50 bits per heavy atom. The first kappa shape index (κ1) is 8.96. The zero-order chi connectivity index (χ0) is 10.1. The number of nitrogens with zero attached hydrogens (tertiary/aromatic N) is 1. The van der Waals surface area contributed by atoms with E-state index in [1.165, 1.54) is 6.20 Å². The highest BCUT2D eigenvalue weighted by Crippen LogP contribution is 2.24. The van der Waals surface area contributed by atoms with E-state index in [0.29, 0.717) is 5.56 Å². The monoisotopic (exact) mass is 207 g/mol. The summed E-state index contributed by atoms with van der Waals surface area (Å²) in [6.07, 6.45) is 1.50. The summed E-state index contributed by atoms with van der Waals surface area (Å²) in [5, 5.41) is 0. The number of nitrogen functional groups attached to an aromatic ring is 1. The Bertz CT molecular complexity index is 515. The zero-order valence-electron chi connectivity index (χ0n) is 7.57. The lowest BCUT2D eigenvalue weighted by molar-refractivity contribution is 1.14. The number of hydrogen-bond acceptors (Lipinski definition) is 4. The predicted molar refractivity (Wildman–Crippen MR) is 57.3 cm³/mol. The number of thiophene rings is 1. The van der Waals surface area contributed by atoms with Gasteiger partial charge in [-0.1, -0.05) is 0 Å². The molecule has 0 saturated heterocycles. The first-order chi connectivity index (χ1) is 6.66. The molecule has 5 heteroatoms. The second kappa shape index (κ2) is 3.26. The van der Waals surface area contributed by atoms with Gasteiger partial charge >= 0.3 is 0 Å². The van der Waals surface area contributed by atoms with Crippen molar-refractivity contribution in [1.82, 2.24) is 9.97 Å². The molecule has 0 amide bonds. The Hall–Kier alpha value is -1.62. The van der Waals surface area contributed by atoms with Crippen molar-refractivity contribution >= 4 is 17.3 Å². The Kier molecular flexibility index (Phi) is 2.09. The second-order valence-corrected chi connectivity index (χ2v) is 4.21. The van der Waals surface area contributed by atoms with E-state index in [-0.39, 0.29) is 11.5 Å². The number of aryl methyl sites for hydroxylation is 1. The zero-order valence-corrected chi connectivity index (χ0v) is 8.39. The number of nitrogens with two attached hydrogens (primary N) is 1. The molecule has 2 rings (SSSR count). The molecule has 0 aliphatic carbocycles. The van der Waals surface area contributed by atoms with Gasteiger partial charge in [0.1, 0.15) is 0 Å². The minimum Gasteiger partial charge on any atom is -0.369 e. The largest absolute Gasteiger partial charge is 0.369 e. The van der Waals surface area contributed by atoms with Gasteiger partial charge < -0.3 is 5.73 Å². The van der Waals surface area contributed by atoms with E-state index >= 15 is 0 Å². The van der Waals surface area contributed by atoms with Crippen molar-refractivity contribution in [2.45, 2.75) is 6.92 Å². The van der Waals surface area contributed by atoms with E-state index in [2.05, 4.69) is 9.97 Å². The van der Waals surface area contributed by atoms with E-state index in [4.69, 9.17) is 5.73 Å². The first-order valence-electron chi connectivity index (χ1n) is 4.08. The second-order valence-electron chi connectivity index (χ2n) is 2.92. The third-order valence-corrected chi connectivity index (χ3v) is 2.86. The van der Waals surface area contributed by atoms with Crippen molar-refractivity contribution in [2.24, 2.45) is 0 Å². The van der Waals surface area contributed by atoms with E-state index in [1.54, 1.807) is 11.3 Å². The Labute approximate surface area is 84.4 Å². The average Bonchev–Trinajstić information content (AvgIpc) is 2.51. The molecule has 2 heterocycles. The Morgan fingerprint density at radius 3 is 2.86 bits per heavy atom.